The molecule has 2 fully saturated rings. The van der Waals surface area contributed by atoms with Gasteiger partial charge >= 0.3 is 12.1 Å². The van der Waals surface area contributed by atoms with E-state index in [1.807, 2.05) is 0 Å². The van der Waals surface area contributed by atoms with E-state index < -0.39 is 23.7 Å². The van der Waals surface area contributed by atoms with Crippen LogP contribution in [0.3, 0.4) is 0 Å². The topological polar surface area (TPSA) is 95.9 Å². The maximum absolute atomic E-state index is 12.8. The Balaban J connectivity index is 2.13. The Morgan fingerprint density at radius 2 is 1.88 bits per heavy atom. The number of likely N-dealkylation sites (tertiary alicyclic amines) is 1. The van der Waals surface area contributed by atoms with Gasteiger partial charge in [0.05, 0.1) is 0 Å². The van der Waals surface area contributed by atoms with Crippen molar-refractivity contribution in [2.45, 2.75) is 77.0 Å². The van der Waals surface area contributed by atoms with Crippen molar-refractivity contribution in [3.63, 3.8) is 0 Å². The van der Waals surface area contributed by atoms with Crippen LogP contribution in [-0.4, -0.2) is 52.2 Å². The van der Waals surface area contributed by atoms with Gasteiger partial charge in [0.1, 0.15) is 18.2 Å². The molecule has 2 N–H and O–H groups in total. The van der Waals surface area contributed by atoms with Crippen LogP contribution in [0.4, 0.5) is 4.79 Å². The number of carboxylic acid groups (broad SMARTS) is 1. The Hall–Kier alpha value is -1.79. The van der Waals surface area contributed by atoms with E-state index in [-0.39, 0.29) is 18.5 Å². The van der Waals surface area contributed by atoms with Crippen LogP contribution < -0.4 is 5.32 Å². The van der Waals surface area contributed by atoms with Crippen molar-refractivity contribution in [2.24, 2.45) is 5.92 Å². The highest BCUT2D eigenvalue weighted by Crippen LogP contribution is 2.35. The summed E-state index contributed by atoms with van der Waals surface area (Å²) in [6.45, 7) is 4.96. The number of hydrogen-bond donors (Lipinski definition) is 2. The summed E-state index contributed by atoms with van der Waals surface area (Å²) in [7, 11) is 0. The van der Waals surface area contributed by atoms with Crippen LogP contribution in [0.2, 0.25) is 0 Å². The molecule has 0 aromatic heterocycles. The van der Waals surface area contributed by atoms with E-state index in [9.17, 15) is 19.5 Å². The summed E-state index contributed by atoms with van der Waals surface area (Å²) in [6, 6.07) is -0.752. The number of nitrogens with one attached hydrogen (secondary N) is 1. The van der Waals surface area contributed by atoms with Crippen molar-refractivity contribution in [1.82, 2.24) is 10.2 Å². The van der Waals surface area contributed by atoms with Gasteiger partial charge in [-0.1, -0.05) is 12.8 Å². The molecule has 1 aliphatic carbocycles. The lowest BCUT2D eigenvalue weighted by Gasteiger charge is -2.37. The molecule has 136 valence electrons. The van der Waals surface area contributed by atoms with E-state index in [4.69, 9.17) is 4.74 Å². The fraction of sp³-hybridized carbons (Fsp3) is 0.824. The van der Waals surface area contributed by atoms with Gasteiger partial charge in [-0.2, -0.15) is 0 Å². The van der Waals surface area contributed by atoms with Crippen LogP contribution in [0.25, 0.3) is 0 Å². The zero-order chi connectivity index (χ0) is 17.9. The average Bonchev–Trinajstić information content (AvgIpc) is 2.57. The lowest BCUT2D eigenvalue weighted by atomic mass is 9.81. The number of carbonyl (C=O) groups is 3. The molecule has 0 radical (unpaired) electrons. The number of carbonyl (C=O) groups excluding carboxylic acids is 2. The first-order valence-corrected chi connectivity index (χ1v) is 8.69. The Labute approximate surface area is 142 Å². The summed E-state index contributed by atoms with van der Waals surface area (Å²) in [5.74, 6) is -1.02. The van der Waals surface area contributed by atoms with Gasteiger partial charge < -0.3 is 20.1 Å². The molecule has 1 aliphatic heterocycles. The Morgan fingerprint density at radius 3 is 2.50 bits per heavy atom. The first-order chi connectivity index (χ1) is 11.2. The Bertz CT molecular complexity index is 500. The molecule has 3 atom stereocenters. The second-order valence-electron chi connectivity index (χ2n) is 7.75. The molecule has 7 nitrogen and oxygen atoms in total. The fourth-order valence-electron chi connectivity index (χ4n) is 3.73. The minimum Gasteiger partial charge on any atom is -0.480 e. The van der Waals surface area contributed by atoms with E-state index in [1.54, 1.807) is 20.8 Å². The van der Waals surface area contributed by atoms with E-state index in [0.717, 1.165) is 32.1 Å². The van der Waals surface area contributed by atoms with E-state index in [2.05, 4.69) is 5.32 Å². The standard InChI is InChI=1S/C17H28N2O5/c1-17(2,3)24-16(23)18-12-9-8-11-6-4-5-7-13(11)19(15(12)22)10-14(20)21/h11-13H,4-10H2,1-3H3,(H,18,23)(H,20,21)/t11?,12-,13?/m0/s1. The van der Waals surface area contributed by atoms with Gasteiger partial charge in [-0.05, 0) is 52.4 Å². The number of nitrogens with zero attached hydrogens (tertiary/aromatic N) is 1. The molecule has 2 rings (SSSR count). The minimum atomic E-state index is -1.02. The number of fused-ring (bicyclic) bond motifs is 1. The van der Waals surface area contributed by atoms with Crippen molar-refractivity contribution in [1.29, 1.82) is 0 Å². The van der Waals surface area contributed by atoms with Crippen LogP contribution in [0.1, 0.15) is 59.3 Å². The van der Waals surface area contributed by atoms with Crippen LogP contribution >= 0.6 is 0 Å². The molecule has 2 aliphatic rings. The average molecular weight is 340 g/mol. The molecule has 0 bridgehead atoms. The summed E-state index contributed by atoms with van der Waals surface area (Å²) in [6.07, 6.45) is 4.66. The summed E-state index contributed by atoms with van der Waals surface area (Å²) in [5.41, 5.74) is -0.646. The minimum absolute atomic E-state index is 0.0345. The van der Waals surface area contributed by atoms with Gasteiger partial charge in [0, 0.05) is 6.04 Å². The number of aliphatic carboxylic acids is 1. The number of carboxylic acids is 1. The third kappa shape index (κ3) is 4.85. The summed E-state index contributed by atoms with van der Waals surface area (Å²) in [4.78, 5) is 37.5. The SMILES string of the molecule is CC(C)(C)OC(=O)N[C@H]1CCC2CCCCC2N(CC(=O)O)C1=O. The molecule has 7 heteroatoms. The number of hydrogen-bond acceptors (Lipinski definition) is 4. The van der Waals surface area contributed by atoms with Crippen molar-refractivity contribution in [2.75, 3.05) is 6.54 Å². The molecule has 2 amide bonds. The molecule has 0 spiro atoms. The predicted octanol–water partition coefficient (Wildman–Crippen LogP) is 2.15. The van der Waals surface area contributed by atoms with Crippen LogP contribution in [0.15, 0.2) is 0 Å². The smallest absolute Gasteiger partial charge is 0.408 e. The molecule has 1 saturated heterocycles. The van der Waals surface area contributed by atoms with Crippen molar-refractivity contribution < 1.29 is 24.2 Å². The number of ether oxygens (including phenoxy) is 1. The van der Waals surface area contributed by atoms with Gasteiger partial charge in [0.2, 0.25) is 5.91 Å². The summed E-state index contributed by atoms with van der Waals surface area (Å²) < 4.78 is 5.23. The van der Waals surface area contributed by atoms with Gasteiger partial charge in [-0.3, -0.25) is 9.59 Å². The van der Waals surface area contributed by atoms with Crippen molar-refractivity contribution >= 4 is 18.0 Å². The second kappa shape index (κ2) is 7.40. The molecule has 1 saturated carbocycles. The molecule has 2 unspecified atom stereocenters. The Kier molecular flexibility index (Phi) is 5.72. The Morgan fingerprint density at radius 1 is 1.21 bits per heavy atom. The second-order valence-corrected chi connectivity index (χ2v) is 7.75. The largest absolute Gasteiger partial charge is 0.480 e. The molecular formula is C17H28N2O5. The maximum Gasteiger partial charge on any atom is 0.408 e. The molecule has 1 heterocycles. The zero-order valence-electron chi connectivity index (χ0n) is 14.7. The van der Waals surface area contributed by atoms with Crippen molar-refractivity contribution in [3.05, 3.63) is 0 Å². The number of rotatable bonds is 3. The van der Waals surface area contributed by atoms with E-state index in [1.165, 1.54) is 4.90 Å². The van der Waals surface area contributed by atoms with E-state index >= 15 is 0 Å². The fourth-order valence-corrected chi connectivity index (χ4v) is 3.73. The highest BCUT2D eigenvalue weighted by atomic mass is 16.6. The molecule has 24 heavy (non-hydrogen) atoms. The lowest BCUT2D eigenvalue weighted by Crippen LogP contribution is -2.53. The number of alkyl carbamates (subject to hydrolysis) is 1. The zero-order valence-corrected chi connectivity index (χ0v) is 14.7. The third-order valence-corrected chi connectivity index (χ3v) is 4.67. The van der Waals surface area contributed by atoms with Crippen molar-refractivity contribution in [3.8, 4) is 0 Å². The van der Waals surface area contributed by atoms with Gasteiger partial charge in [-0.25, -0.2) is 4.79 Å². The highest BCUT2D eigenvalue weighted by Gasteiger charge is 2.40. The van der Waals surface area contributed by atoms with Gasteiger partial charge in [-0.15, -0.1) is 0 Å². The third-order valence-electron chi connectivity index (χ3n) is 4.67. The summed E-state index contributed by atoms with van der Waals surface area (Å²) >= 11 is 0. The molecular weight excluding hydrogens is 312 g/mol. The maximum atomic E-state index is 12.8. The van der Waals surface area contributed by atoms with E-state index in [0.29, 0.717) is 12.3 Å². The highest BCUT2D eigenvalue weighted by molar-refractivity contribution is 5.88. The monoisotopic (exact) mass is 340 g/mol. The summed E-state index contributed by atoms with van der Waals surface area (Å²) in [5, 5.41) is 11.8. The first-order valence-electron chi connectivity index (χ1n) is 8.69. The number of amides is 2. The first kappa shape index (κ1) is 18.5. The molecule has 0 aromatic carbocycles. The van der Waals surface area contributed by atoms with Crippen LogP contribution in [0, 0.1) is 5.92 Å². The quantitative estimate of drug-likeness (QED) is 0.820. The predicted molar refractivity (Wildman–Crippen MR) is 87.5 cm³/mol. The van der Waals surface area contributed by atoms with Gasteiger partial charge in [0.25, 0.3) is 0 Å². The lowest BCUT2D eigenvalue weighted by molar-refractivity contribution is -0.147. The van der Waals surface area contributed by atoms with Crippen LogP contribution in [-0.2, 0) is 14.3 Å². The molecule has 0 aromatic rings. The van der Waals surface area contributed by atoms with Crippen LogP contribution in [0.5, 0.6) is 0 Å². The van der Waals surface area contributed by atoms with Gasteiger partial charge in [0.15, 0.2) is 0 Å². The normalized spacial score (nSPS) is 27.9.